The molecule has 2 aromatic heterocycles. The molecule has 0 saturated carbocycles. The standard InChI is InChI=1S/C22H20F2N4O4/c1-31-22(30)28-10-15-19(16(29)11-28)21(26-13-5-3-2-4-6-13)20(27-15)14-7-8-25-9-17(14)32-12-18(23)24/h2-9,18,26-27H,10-12H2,1H3. The molecule has 10 heteroatoms. The van der Waals surface area contributed by atoms with Gasteiger partial charge in [-0.2, -0.15) is 0 Å². The molecule has 1 aliphatic heterocycles. The molecule has 3 heterocycles. The molecule has 0 radical (unpaired) electrons. The van der Waals surface area contributed by atoms with Crippen molar-refractivity contribution in [1.82, 2.24) is 14.9 Å². The first-order valence-corrected chi connectivity index (χ1v) is 9.76. The highest BCUT2D eigenvalue weighted by Gasteiger charge is 2.33. The lowest BCUT2D eigenvalue weighted by atomic mass is 10.0. The third-order valence-corrected chi connectivity index (χ3v) is 4.93. The number of hydrogen-bond donors (Lipinski definition) is 2. The first-order chi connectivity index (χ1) is 15.5. The van der Waals surface area contributed by atoms with Gasteiger partial charge in [-0.15, -0.1) is 0 Å². The van der Waals surface area contributed by atoms with Crippen LogP contribution in [0, 0.1) is 0 Å². The van der Waals surface area contributed by atoms with E-state index in [9.17, 15) is 18.4 Å². The normalized spacial score (nSPS) is 13.1. The van der Waals surface area contributed by atoms with E-state index in [1.165, 1.54) is 24.4 Å². The van der Waals surface area contributed by atoms with Crippen LogP contribution in [-0.4, -0.2) is 53.4 Å². The fourth-order valence-corrected chi connectivity index (χ4v) is 3.58. The van der Waals surface area contributed by atoms with Crippen LogP contribution in [0.25, 0.3) is 11.3 Å². The Labute approximate surface area is 182 Å². The summed E-state index contributed by atoms with van der Waals surface area (Å²) in [7, 11) is 1.24. The van der Waals surface area contributed by atoms with Crippen LogP contribution in [0.3, 0.4) is 0 Å². The number of para-hydroxylation sites is 1. The molecule has 32 heavy (non-hydrogen) atoms. The topological polar surface area (TPSA) is 96.5 Å². The van der Waals surface area contributed by atoms with Gasteiger partial charge in [-0.1, -0.05) is 18.2 Å². The van der Waals surface area contributed by atoms with Crippen LogP contribution in [0.2, 0.25) is 0 Å². The van der Waals surface area contributed by atoms with Gasteiger partial charge in [-0.05, 0) is 18.2 Å². The number of carbonyl (C=O) groups is 2. The molecule has 0 spiro atoms. The number of ether oxygens (including phenoxy) is 2. The van der Waals surface area contributed by atoms with Crippen molar-refractivity contribution >= 4 is 23.3 Å². The number of rotatable bonds is 6. The van der Waals surface area contributed by atoms with Gasteiger partial charge in [0.25, 0.3) is 6.43 Å². The number of anilines is 2. The van der Waals surface area contributed by atoms with Crippen molar-refractivity contribution in [1.29, 1.82) is 0 Å². The lowest BCUT2D eigenvalue weighted by molar-refractivity contribution is 0.0820. The highest BCUT2D eigenvalue weighted by Crippen LogP contribution is 2.41. The van der Waals surface area contributed by atoms with Crippen LogP contribution < -0.4 is 10.1 Å². The van der Waals surface area contributed by atoms with Gasteiger partial charge in [0, 0.05) is 23.1 Å². The summed E-state index contributed by atoms with van der Waals surface area (Å²) in [4.78, 5) is 33.4. The summed E-state index contributed by atoms with van der Waals surface area (Å²) >= 11 is 0. The van der Waals surface area contributed by atoms with Crippen molar-refractivity contribution in [2.24, 2.45) is 0 Å². The summed E-state index contributed by atoms with van der Waals surface area (Å²) in [5.41, 5.74) is 2.99. The number of alkyl halides is 2. The minimum absolute atomic E-state index is 0.121. The molecule has 3 aromatic rings. The lowest BCUT2D eigenvalue weighted by Gasteiger charge is -2.25. The highest BCUT2D eigenvalue weighted by molar-refractivity contribution is 6.09. The summed E-state index contributed by atoms with van der Waals surface area (Å²) in [6, 6.07) is 10.8. The van der Waals surface area contributed by atoms with E-state index in [0.29, 0.717) is 28.2 Å². The van der Waals surface area contributed by atoms with Gasteiger partial charge in [0.05, 0.1) is 43.3 Å². The molecular formula is C22H20F2N4O4. The molecule has 1 aliphatic rings. The molecule has 1 amide bonds. The number of aromatic nitrogens is 2. The number of amides is 1. The number of H-pyrrole nitrogens is 1. The molecule has 0 atom stereocenters. The first-order valence-electron chi connectivity index (χ1n) is 9.76. The van der Waals surface area contributed by atoms with Crippen LogP contribution >= 0.6 is 0 Å². The molecule has 0 saturated heterocycles. The Balaban J connectivity index is 1.83. The van der Waals surface area contributed by atoms with E-state index >= 15 is 0 Å². The minimum Gasteiger partial charge on any atom is -0.485 e. The second kappa shape index (κ2) is 9.04. The Bertz CT molecular complexity index is 1130. The van der Waals surface area contributed by atoms with E-state index in [2.05, 4.69) is 15.3 Å². The van der Waals surface area contributed by atoms with Crippen LogP contribution in [-0.2, 0) is 11.3 Å². The van der Waals surface area contributed by atoms with E-state index in [1.54, 1.807) is 6.07 Å². The zero-order valence-electron chi connectivity index (χ0n) is 17.1. The monoisotopic (exact) mass is 442 g/mol. The van der Waals surface area contributed by atoms with Crippen LogP contribution in [0.15, 0.2) is 48.8 Å². The third-order valence-electron chi connectivity index (χ3n) is 4.93. The SMILES string of the molecule is COC(=O)N1CC(=O)c2c([nH]c(-c3ccncc3OCC(F)F)c2Nc2ccccc2)C1. The number of nitrogens with zero attached hydrogens (tertiary/aromatic N) is 2. The Morgan fingerprint density at radius 3 is 2.75 bits per heavy atom. The van der Waals surface area contributed by atoms with Gasteiger partial charge in [-0.25, -0.2) is 13.6 Å². The number of hydrogen-bond acceptors (Lipinski definition) is 6. The van der Waals surface area contributed by atoms with Gasteiger partial charge < -0.3 is 19.8 Å². The maximum Gasteiger partial charge on any atom is 0.410 e. The Hall–Kier alpha value is -3.95. The number of Topliss-reactive ketones (excluding diaryl/α,β-unsaturated/α-hetero) is 1. The third kappa shape index (κ3) is 4.25. The number of aromatic amines is 1. The van der Waals surface area contributed by atoms with Gasteiger partial charge in [-0.3, -0.25) is 14.7 Å². The molecular weight excluding hydrogens is 422 g/mol. The Morgan fingerprint density at radius 1 is 1.25 bits per heavy atom. The van der Waals surface area contributed by atoms with Gasteiger partial charge in [0.15, 0.2) is 5.78 Å². The number of pyridine rings is 1. The van der Waals surface area contributed by atoms with Crippen molar-refractivity contribution in [3.63, 3.8) is 0 Å². The maximum absolute atomic E-state index is 13.0. The number of carbonyl (C=O) groups excluding carboxylic acids is 2. The molecule has 0 bridgehead atoms. The predicted molar refractivity (Wildman–Crippen MR) is 112 cm³/mol. The average molecular weight is 442 g/mol. The first kappa shape index (κ1) is 21.3. The largest absolute Gasteiger partial charge is 0.485 e. The Morgan fingerprint density at radius 2 is 2.03 bits per heavy atom. The Kier molecular flexibility index (Phi) is 6.02. The van der Waals surface area contributed by atoms with Crippen molar-refractivity contribution in [3.8, 4) is 17.0 Å². The van der Waals surface area contributed by atoms with E-state index < -0.39 is 19.1 Å². The number of benzene rings is 1. The molecule has 2 N–H and O–H groups in total. The van der Waals surface area contributed by atoms with Gasteiger partial charge in [0.1, 0.15) is 12.4 Å². The minimum atomic E-state index is -2.66. The molecule has 8 nitrogen and oxygen atoms in total. The van der Waals surface area contributed by atoms with Crippen LogP contribution in [0.5, 0.6) is 5.75 Å². The number of methoxy groups -OCH3 is 1. The average Bonchev–Trinajstić information content (AvgIpc) is 3.16. The van der Waals surface area contributed by atoms with Crippen molar-refractivity contribution in [3.05, 3.63) is 60.0 Å². The van der Waals surface area contributed by atoms with Crippen LogP contribution in [0.1, 0.15) is 16.1 Å². The molecule has 166 valence electrons. The zero-order valence-corrected chi connectivity index (χ0v) is 17.1. The predicted octanol–water partition coefficient (Wildman–Crippen LogP) is 4.23. The number of ketones is 1. The van der Waals surface area contributed by atoms with Crippen molar-refractivity contribution < 1.29 is 27.8 Å². The summed E-state index contributed by atoms with van der Waals surface area (Å²) < 4.78 is 35.5. The molecule has 0 aliphatic carbocycles. The fourth-order valence-electron chi connectivity index (χ4n) is 3.58. The van der Waals surface area contributed by atoms with E-state index in [-0.39, 0.29) is 24.6 Å². The summed E-state index contributed by atoms with van der Waals surface area (Å²) in [5, 5.41) is 3.25. The quantitative estimate of drug-likeness (QED) is 0.593. The molecule has 1 aromatic carbocycles. The number of nitrogens with one attached hydrogen (secondary N) is 2. The van der Waals surface area contributed by atoms with E-state index in [4.69, 9.17) is 9.47 Å². The molecule has 4 rings (SSSR count). The lowest BCUT2D eigenvalue weighted by Crippen LogP contribution is -2.39. The summed E-state index contributed by atoms with van der Waals surface area (Å²) in [6.45, 7) is -0.823. The highest BCUT2D eigenvalue weighted by atomic mass is 19.3. The number of fused-ring (bicyclic) bond motifs is 1. The fraction of sp³-hybridized carbons (Fsp3) is 0.227. The molecule has 0 fully saturated rings. The zero-order chi connectivity index (χ0) is 22.7. The van der Waals surface area contributed by atoms with E-state index in [1.807, 2.05) is 30.3 Å². The molecule has 0 unspecified atom stereocenters. The number of halogens is 2. The van der Waals surface area contributed by atoms with E-state index in [0.717, 1.165) is 5.69 Å². The van der Waals surface area contributed by atoms with Crippen LogP contribution in [0.4, 0.5) is 25.0 Å². The summed E-state index contributed by atoms with van der Waals surface area (Å²) in [5.74, 6) is -0.151. The van der Waals surface area contributed by atoms with Crippen molar-refractivity contribution in [2.75, 3.05) is 25.6 Å². The smallest absolute Gasteiger partial charge is 0.410 e. The summed E-state index contributed by atoms with van der Waals surface area (Å²) in [6.07, 6.45) is -0.439. The van der Waals surface area contributed by atoms with Gasteiger partial charge in [0.2, 0.25) is 0 Å². The van der Waals surface area contributed by atoms with Gasteiger partial charge >= 0.3 is 6.09 Å². The maximum atomic E-state index is 13.0. The van der Waals surface area contributed by atoms with Crippen molar-refractivity contribution in [2.45, 2.75) is 13.0 Å². The second-order valence-electron chi connectivity index (χ2n) is 7.04. The second-order valence-corrected chi connectivity index (χ2v) is 7.04.